The number of rotatable bonds is 57. The monoisotopic (exact) mass is 1100 g/mol. The third-order valence-corrected chi connectivity index (χ3v) is 15.8. The van der Waals surface area contributed by atoms with Crippen LogP contribution >= 0.6 is 0 Å². The van der Waals surface area contributed by atoms with Gasteiger partial charge in [0, 0.05) is 0 Å². The molecule has 0 spiro atoms. The minimum atomic E-state index is -1.67. The van der Waals surface area contributed by atoms with Crippen LogP contribution in [0, 0.1) is 0 Å². The summed E-state index contributed by atoms with van der Waals surface area (Å²) in [5.74, 6) is -0.710. The third kappa shape index (κ3) is 42.8. The average molecular weight is 1100 g/mol. The number of aliphatic hydroxyl groups is 7. The number of unbranched alkanes of at least 4 members (excludes halogenated alkanes) is 37. The first-order chi connectivity index (χ1) is 38.2. The largest absolute Gasteiger partial charge is 0.394 e. The molecule has 1 rings (SSSR count). The Morgan fingerprint density at radius 1 is 0.436 bits per heavy atom. The highest BCUT2D eigenvalue weighted by atomic mass is 16.7. The molecule has 458 valence electrons. The molecule has 0 bridgehead atoms. The Morgan fingerprint density at radius 2 is 0.782 bits per heavy atom. The zero-order valence-electron chi connectivity index (χ0n) is 50.4. The summed E-state index contributed by atoms with van der Waals surface area (Å²) < 4.78 is 11.1. The molecule has 1 aliphatic rings. The van der Waals surface area contributed by atoms with Crippen LogP contribution in [0.1, 0.15) is 303 Å². The van der Waals surface area contributed by atoms with Crippen molar-refractivity contribution in [2.45, 2.75) is 358 Å². The van der Waals surface area contributed by atoms with Crippen LogP contribution in [0.3, 0.4) is 0 Å². The lowest BCUT2D eigenvalue weighted by Crippen LogP contribution is -2.60. The van der Waals surface area contributed by atoms with Crippen molar-refractivity contribution in [2.24, 2.45) is 0 Å². The fraction of sp³-hybridized carbons (Fsp3) is 0.866. The predicted molar refractivity (Wildman–Crippen MR) is 325 cm³/mol. The molecule has 0 aromatic carbocycles. The number of aliphatic hydroxyl groups excluding tert-OH is 7. The molecule has 78 heavy (non-hydrogen) atoms. The van der Waals surface area contributed by atoms with Crippen LogP contribution in [0.2, 0.25) is 0 Å². The highest BCUT2D eigenvalue weighted by Gasteiger charge is 2.44. The molecule has 1 amide bonds. The number of amides is 1. The molecule has 11 heteroatoms. The fourth-order valence-electron chi connectivity index (χ4n) is 10.5. The maximum atomic E-state index is 13.2. The van der Waals surface area contributed by atoms with Gasteiger partial charge >= 0.3 is 0 Å². The van der Waals surface area contributed by atoms with Crippen molar-refractivity contribution in [2.75, 3.05) is 13.2 Å². The summed E-state index contributed by atoms with van der Waals surface area (Å²) in [6, 6.07) is -1.19. The van der Waals surface area contributed by atoms with Gasteiger partial charge in [-0.05, 0) is 83.5 Å². The summed E-state index contributed by atoms with van der Waals surface area (Å²) in [4.78, 5) is 13.2. The van der Waals surface area contributed by atoms with Crippen molar-refractivity contribution in [1.82, 2.24) is 5.32 Å². The van der Waals surface area contributed by atoms with Crippen LogP contribution in [-0.4, -0.2) is 110 Å². The number of ether oxygens (including phenoxy) is 2. The van der Waals surface area contributed by atoms with E-state index in [2.05, 4.69) is 67.8 Å². The molecular weight excluding hydrogens is 979 g/mol. The Hall–Kier alpha value is -1.93. The normalized spacial score (nSPS) is 19.7. The van der Waals surface area contributed by atoms with Gasteiger partial charge in [-0.3, -0.25) is 4.79 Å². The van der Waals surface area contributed by atoms with Gasteiger partial charge in [-0.2, -0.15) is 0 Å². The van der Waals surface area contributed by atoms with Gasteiger partial charge in [0.1, 0.15) is 36.6 Å². The number of hydrogen-bond donors (Lipinski definition) is 8. The molecular formula is C67H125NO10. The van der Waals surface area contributed by atoms with E-state index >= 15 is 0 Å². The summed E-state index contributed by atoms with van der Waals surface area (Å²) in [6.07, 6.45) is 60.7. The second kappa shape index (κ2) is 55.6. The predicted octanol–water partition coefficient (Wildman–Crippen LogP) is 15.2. The lowest BCUT2D eigenvalue weighted by molar-refractivity contribution is -0.303. The van der Waals surface area contributed by atoms with E-state index in [4.69, 9.17) is 9.47 Å². The van der Waals surface area contributed by atoms with Crippen LogP contribution in [0.15, 0.2) is 48.6 Å². The first kappa shape index (κ1) is 74.1. The summed E-state index contributed by atoms with van der Waals surface area (Å²) in [5, 5.41) is 76.1. The highest BCUT2D eigenvalue weighted by Crippen LogP contribution is 2.24. The molecule has 1 aliphatic heterocycles. The first-order valence-corrected chi connectivity index (χ1v) is 33.0. The van der Waals surface area contributed by atoms with Gasteiger partial charge < -0.3 is 50.5 Å². The second-order valence-corrected chi connectivity index (χ2v) is 23.2. The molecule has 0 aromatic heterocycles. The van der Waals surface area contributed by atoms with E-state index in [0.717, 1.165) is 51.4 Å². The van der Waals surface area contributed by atoms with Crippen molar-refractivity contribution in [3.63, 3.8) is 0 Å². The van der Waals surface area contributed by atoms with Gasteiger partial charge in [-0.15, -0.1) is 0 Å². The van der Waals surface area contributed by atoms with E-state index in [9.17, 15) is 40.5 Å². The smallest absolute Gasteiger partial charge is 0.249 e. The summed E-state index contributed by atoms with van der Waals surface area (Å²) in [7, 11) is 0. The van der Waals surface area contributed by atoms with E-state index in [1.807, 2.05) is 0 Å². The van der Waals surface area contributed by atoms with E-state index in [-0.39, 0.29) is 12.8 Å². The topological polar surface area (TPSA) is 189 Å². The standard InChI is InChI=1S/C67H125NO10/c1-3-5-7-9-11-13-15-17-19-20-21-22-23-24-25-26-27-28-29-30-31-32-33-34-35-36-37-38-39-41-43-45-47-49-51-53-55-60(71)66(76)68-58(57-77-67-65(75)64(74)63(73)61(56-69)78-67)62(72)59(70)54-52-50-48-46-44-42-40-18-16-14-12-10-8-6-4-2/h10,12,18,28-29,40,46,48,58-65,67,69-75H,3-9,11,13-17,19-27,30-39,41-45,47,49-57H2,1-2H3,(H,68,76)/b12-10+,29-28-,40-18+,48-46+. The number of allylic oxidation sites excluding steroid dienone is 8. The fourth-order valence-corrected chi connectivity index (χ4v) is 10.5. The highest BCUT2D eigenvalue weighted by molar-refractivity contribution is 5.80. The summed E-state index contributed by atoms with van der Waals surface area (Å²) >= 11 is 0. The minimum Gasteiger partial charge on any atom is -0.394 e. The van der Waals surface area contributed by atoms with Gasteiger partial charge in [0.15, 0.2) is 6.29 Å². The molecule has 1 saturated heterocycles. The Bertz CT molecular complexity index is 1410. The molecule has 8 N–H and O–H groups in total. The molecule has 0 radical (unpaired) electrons. The Labute approximate surface area is 479 Å². The molecule has 1 heterocycles. The minimum absolute atomic E-state index is 0.241. The Balaban J connectivity index is 2.15. The number of carbonyl (C=O) groups excluding carboxylic acids is 1. The van der Waals surface area contributed by atoms with Gasteiger partial charge in [-0.1, -0.05) is 268 Å². The van der Waals surface area contributed by atoms with E-state index in [0.29, 0.717) is 19.3 Å². The quantitative estimate of drug-likeness (QED) is 0.0215. The van der Waals surface area contributed by atoms with Gasteiger partial charge in [0.25, 0.3) is 0 Å². The number of hydrogen-bond acceptors (Lipinski definition) is 10. The third-order valence-electron chi connectivity index (χ3n) is 15.8. The van der Waals surface area contributed by atoms with Crippen molar-refractivity contribution >= 4 is 5.91 Å². The van der Waals surface area contributed by atoms with Gasteiger partial charge in [-0.25, -0.2) is 0 Å². The van der Waals surface area contributed by atoms with Crippen LogP contribution < -0.4 is 5.32 Å². The Kier molecular flexibility index (Phi) is 52.8. The maximum Gasteiger partial charge on any atom is 0.249 e. The van der Waals surface area contributed by atoms with Crippen LogP contribution in [0.5, 0.6) is 0 Å². The van der Waals surface area contributed by atoms with Crippen LogP contribution in [-0.2, 0) is 14.3 Å². The second-order valence-electron chi connectivity index (χ2n) is 23.2. The molecule has 9 unspecified atom stereocenters. The zero-order valence-corrected chi connectivity index (χ0v) is 50.4. The van der Waals surface area contributed by atoms with Crippen molar-refractivity contribution < 1.29 is 50.0 Å². The maximum absolute atomic E-state index is 13.2. The van der Waals surface area contributed by atoms with E-state index in [1.165, 1.54) is 205 Å². The average Bonchev–Trinajstić information content (AvgIpc) is 3.46. The molecule has 0 saturated carbocycles. The lowest BCUT2D eigenvalue weighted by Gasteiger charge is -2.40. The van der Waals surface area contributed by atoms with Crippen molar-refractivity contribution in [1.29, 1.82) is 0 Å². The molecule has 9 atom stereocenters. The molecule has 11 nitrogen and oxygen atoms in total. The van der Waals surface area contributed by atoms with Crippen LogP contribution in [0.25, 0.3) is 0 Å². The number of nitrogens with one attached hydrogen (secondary N) is 1. The summed E-state index contributed by atoms with van der Waals surface area (Å²) in [6.45, 7) is 3.41. The first-order valence-electron chi connectivity index (χ1n) is 33.0. The zero-order chi connectivity index (χ0) is 56.8. The summed E-state index contributed by atoms with van der Waals surface area (Å²) in [5.41, 5.74) is 0. The number of carbonyl (C=O) groups is 1. The van der Waals surface area contributed by atoms with Gasteiger partial charge in [0.05, 0.1) is 25.4 Å². The van der Waals surface area contributed by atoms with Gasteiger partial charge in [0.2, 0.25) is 5.91 Å². The molecule has 0 aliphatic carbocycles. The SMILES string of the molecule is CCCC/C=C/CC/C=C/CC/C=C/CCCC(O)C(O)C(COC1OC(CO)C(O)C(O)C1O)NC(=O)C(O)CCCCCCCCCCCCCCCCCC/C=C\CCCCCCCCCCCCCCCCCC. The Morgan fingerprint density at radius 3 is 1.18 bits per heavy atom. The lowest BCUT2D eigenvalue weighted by atomic mass is 9.98. The van der Waals surface area contributed by atoms with Crippen molar-refractivity contribution in [3.05, 3.63) is 48.6 Å². The molecule has 0 aromatic rings. The van der Waals surface area contributed by atoms with Crippen molar-refractivity contribution in [3.8, 4) is 0 Å². The van der Waals surface area contributed by atoms with Crippen LogP contribution in [0.4, 0.5) is 0 Å². The van der Waals surface area contributed by atoms with E-state index in [1.54, 1.807) is 0 Å². The molecule has 1 fully saturated rings. The van der Waals surface area contributed by atoms with E-state index < -0.39 is 74.2 Å².